The van der Waals surface area contributed by atoms with Crippen LogP contribution in [0.1, 0.15) is 0 Å². The molecule has 0 aliphatic carbocycles. The summed E-state index contributed by atoms with van der Waals surface area (Å²) >= 11 is 0. The van der Waals surface area contributed by atoms with E-state index in [9.17, 15) is 0 Å². The van der Waals surface area contributed by atoms with Gasteiger partial charge in [0.25, 0.3) is 0 Å². The van der Waals surface area contributed by atoms with Crippen molar-refractivity contribution in [1.82, 2.24) is 0 Å². The molecule has 0 aliphatic rings. The third-order valence-corrected chi connectivity index (χ3v) is 0. The molecule has 6 heavy (non-hydrogen) atoms. The zero-order valence-corrected chi connectivity index (χ0v) is 10.8. The van der Waals surface area contributed by atoms with Crippen LogP contribution in [0.2, 0.25) is 0 Å². The first-order chi connectivity index (χ1) is 0. The molecule has 0 nitrogen and oxygen atoms in total. The third-order valence-electron chi connectivity index (χ3n) is 0. The average molecular weight is 328 g/mol. The SMILES string of the molecule is Cl.Cl.Cl.Cl.[Zr].[Zr]. The first kappa shape index (κ1) is 65.5. The molecule has 0 heterocycles. The second-order valence-corrected chi connectivity index (χ2v) is 0. The summed E-state index contributed by atoms with van der Waals surface area (Å²) in [5.41, 5.74) is 0. The number of hydrogen-bond donors (Lipinski definition) is 0. The van der Waals surface area contributed by atoms with E-state index < -0.39 is 0 Å². The van der Waals surface area contributed by atoms with Crippen LogP contribution in [0.25, 0.3) is 0 Å². The molecule has 0 fully saturated rings. The molecule has 0 aliphatic heterocycles. The van der Waals surface area contributed by atoms with Crippen molar-refractivity contribution in [1.29, 1.82) is 0 Å². The van der Waals surface area contributed by atoms with Gasteiger partial charge in [0.2, 0.25) is 0 Å². The summed E-state index contributed by atoms with van der Waals surface area (Å²) in [5, 5.41) is 0. The van der Waals surface area contributed by atoms with Crippen LogP contribution in [0.3, 0.4) is 0 Å². The molecule has 0 rings (SSSR count). The molecule has 0 amide bonds. The van der Waals surface area contributed by atoms with Gasteiger partial charge in [-0.2, -0.15) is 0 Å². The first-order valence-electron chi connectivity index (χ1n) is 0. The summed E-state index contributed by atoms with van der Waals surface area (Å²) in [6.45, 7) is 0. The van der Waals surface area contributed by atoms with Crippen LogP contribution in [0.5, 0.6) is 0 Å². The molecule has 0 atom stereocenters. The Hall–Kier alpha value is 2.93. The molecule has 0 saturated carbocycles. The van der Waals surface area contributed by atoms with Gasteiger partial charge in [0.05, 0.1) is 0 Å². The maximum Gasteiger partial charge on any atom is 0 e. The summed E-state index contributed by atoms with van der Waals surface area (Å²) in [6.07, 6.45) is 0. The topological polar surface area (TPSA) is 0 Å². The zero-order chi connectivity index (χ0) is 0. The Labute approximate surface area is 100 Å². The molecule has 40 valence electrons. The van der Waals surface area contributed by atoms with Crippen molar-refractivity contribution in [2.24, 2.45) is 0 Å². The van der Waals surface area contributed by atoms with Crippen molar-refractivity contribution < 1.29 is 52.4 Å². The van der Waals surface area contributed by atoms with Gasteiger partial charge < -0.3 is 0 Å². The summed E-state index contributed by atoms with van der Waals surface area (Å²) in [5.74, 6) is 0. The monoisotopic (exact) mass is 324 g/mol. The minimum Gasteiger partial charge on any atom is -0.147 e. The summed E-state index contributed by atoms with van der Waals surface area (Å²) in [7, 11) is 0. The number of rotatable bonds is 0. The van der Waals surface area contributed by atoms with Crippen molar-refractivity contribution >= 4 is 49.6 Å². The van der Waals surface area contributed by atoms with Crippen LogP contribution in [0.15, 0.2) is 0 Å². The zero-order valence-electron chi connectivity index (χ0n) is 2.63. The number of halogens is 4. The fourth-order valence-electron chi connectivity index (χ4n) is 0. The molecule has 0 aromatic heterocycles. The van der Waals surface area contributed by atoms with E-state index in [1.807, 2.05) is 0 Å². The van der Waals surface area contributed by atoms with Gasteiger partial charge in [0.1, 0.15) is 0 Å². The minimum absolute atomic E-state index is 0. The van der Waals surface area contributed by atoms with Crippen LogP contribution in [0, 0.1) is 0 Å². The van der Waals surface area contributed by atoms with Gasteiger partial charge in [-0.3, -0.25) is 0 Å². The third kappa shape index (κ3) is 28.4. The molecule has 0 aromatic carbocycles. The molecular weight excluding hydrogens is 324 g/mol. The Morgan fingerprint density at radius 1 is 0.333 bits per heavy atom. The minimum atomic E-state index is 0. The second kappa shape index (κ2) is 44.4. The molecule has 0 unspecified atom stereocenters. The Morgan fingerprint density at radius 2 is 0.333 bits per heavy atom. The van der Waals surface area contributed by atoms with E-state index in [0.717, 1.165) is 0 Å². The maximum absolute atomic E-state index is 0. The van der Waals surface area contributed by atoms with E-state index in [-0.39, 0.29) is 102 Å². The first-order valence-corrected chi connectivity index (χ1v) is 0. The summed E-state index contributed by atoms with van der Waals surface area (Å²) < 4.78 is 0. The van der Waals surface area contributed by atoms with Gasteiger partial charge in [-0.15, -0.1) is 49.6 Å². The fourth-order valence-corrected chi connectivity index (χ4v) is 0. The summed E-state index contributed by atoms with van der Waals surface area (Å²) in [6, 6.07) is 0. The van der Waals surface area contributed by atoms with E-state index in [0.29, 0.717) is 0 Å². The average Bonchev–Trinajstić information content (AvgIpc) is 0. The van der Waals surface area contributed by atoms with Crippen LogP contribution in [-0.4, -0.2) is 0 Å². The van der Waals surface area contributed by atoms with E-state index in [4.69, 9.17) is 0 Å². The smallest absolute Gasteiger partial charge is 0 e. The van der Waals surface area contributed by atoms with Gasteiger partial charge in [0, 0.05) is 52.4 Å². The molecule has 6 heteroatoms. The predicted molar refractivity (Wildman–Crippen MR) is 29.0 cm³/mol. The molecular formula is H4Cl4Zr2. The van der Waals surface area contributed by atoms with Gasteiger partial charge >= 0.3 is 0 Å². The molecule has 0 aromatic rings. The Balaban J connectivity index is 0. The van der Waals surface area contributed by atoms with Crippen LogP contribution in [0.4, 0.5) is 0 Å². The van der Waals surface area contributed by atoms with Crippen LogP contribution < -0.4 is 0 Å². The quantitative estimate of drug-likeness (QED) is 0.635. The predicted octanol–water partition coefficient (Wildman–Crippen LogP) is 1.68. The Morgan fingerprint density at radius 3 is 0.333 bits per heavy atom. The number of hydrogen-bond acceptors (Lipinski definition) is 0. The van der Waals surface area contributed by atoms with E-state index in [1.54, 1.807) is 0 Å². The van der Waals surface area contributed by atoms with E-state index in [2.05, 4.69) is 0 Å². The van der Waals surface area contributed by atoms with Gasteiger partial charge in [-0.05, 0) is 0 Å². The molecule has 0 N–H and O–H groups in total. The van der Waals surface area contributed by atoms with Crippen molar-refractivity contribution in [3.63, 3.8) is 0 Å². The summed E-state index contributed by atoms with van der Waals surface area (Å²) in [4.78, 5) is 0. The van der Waals surface area contributed by atoms with E-state index >= 15 is 0 Å². The molecule has 0 spiro atoms. The van der Waals surface area contributed by atoms with E-state index in [1.165, 1.54) is 0 Å². The molecule has 0 saturated heterocycles. The van der Waals surface area contributed by atoms with Gasteiger partial charge in [0.15, 0.2) is 0 Å². The Kier molecular flexibility index (Phi) is 485. The van der Waals surface area contributed by atoms with Crippen LogP contribution >= 0.6 is 49.6 Å². The molecule has 0 radical (unpaired) electrons. The van der Waals surface area contributed by atoms with Crippen molar-refractivity contribution in [2.45, 2.75) is 0 Å². The van der Waals surface area contributed by atoms with Gasteiger partial charge in [-0.1, -0.05) is 0 Å². The van der Waals surface area contributed by atoms with Crippen molar-refractivity contribution in [2.75, 3.05) is 0 Å². The standard InChI is InChI=1S/4ClH.2Zr/h4*1H;;. The normalized spacial score (nSPS) is 0. The van der Waals surface area contributed by atoms with Gasteiger partial charge in [-0.25, -0.2) is 0 Å². The van der Waals surface area contributed by atoms with Crippen molar-refractivity contribution in [3.05, 3.63) is 0 Å². The van der Waals surface area contributed by atoms with Crippen molar-refractivity contribution in [3.8, 4) is 0 Å². The fraction of sp³-hybridized carbons (Fsp3) is 0. The van der Waals surface area contributed by atoms with Crippen LogP contribution in [-0.2, 0) is 52.4 Å². The second-order valence-electron chi connectivity index (χ2n) is 0. The largest absolute Gasteiger partial charge is 0.147 e. The molecule has 0 bridgehead atoms. The Bertz CT molecular complexity index is 5.51. The maximum atomic E-state index is 0.